The van der Waals surface area contributed by atoms with Gasteiger partial charge in [-0.2, -0.15) is 13.1 Å². The van der Waals surface area contributed by atoms with Crippen molar-refractivity contribution in [2.24, 2.45) is 5.92 Å². The lowest BCUT2D eigenvalue weighted by atomic mass is 10.1. The summed E-state index contributed by atoms with van der Waals surface area (Å²) in [7, 11) is -3.50. The van der Waals surface area contributed by atoms with Gasteiger partial charge >= 0.3 is 10.2 Å². The summed E-state index contributed by atoms with van der Waals surface area (Å²) < 4.78 is 28.5. The average molecular weight is 296 g/mol. The van der Waals surface area contributed by atoms with E-state index in [1.54, 1.807) is 18.2 Å². The molecule has 1 aliphatic heterocycles. The number of ketones is 1. The second kappa shape index (κ2) is 5.54. The molecule has 0 fully saturated rings. The van der Waals surface area contributed by atoms with Gasteiger partial charge in [0.05, 0.1) is 5.69 Å². The zero-order chi connectivity index (χ0) is 14.9. The molecule has 5 nitrogen and oxygen atoms in total. The van der Waals surface area contributed by atoms with Crippen LogP contribution in [0.25, 0.3) is 0 Å². The topological polar surface area (TPSA) is 66.5 Å². The molecule has 0 unspecified atom stereocenters. The second-order valence-electron chi connectivity index (χ2n) is 5.47. The number of benzene rings is 1. The van der Waals surface area contributed by atoms with Gasteiger partial charge in [-0.3, -0.25) is 9.10 Å². The predicted octanol–water partition coefficient (Wildman–Crippen LogP) is 1.74. The van der Waals surface area contributed by atoms with Crippen molar-refractivity contribution in [2.45, 2.75) is 27.2 Å². The standard InChI is InChI=1S/C14H20N2O3S/c1-10(2)9-15-20(18,19)16-7-6-13-8-12(11(3)17)4-5-14(13)16/h4-5,8,10,15H,6-7,9H2,1-3H3. The molecule has 0 spiro atoms. The number of hydrogen-bond acceptors (Lipinski definition) is 3. The van der Waals surface area contributed by atoms with E-state index in [0.29, 0.717) is 30.8 Å². The fraction of sp³-hybridized carbons (Fsp3) is 0.500. The number of rotatable bonds is 5. The van der Waals surface area contributed by atoms with Crippen LogP contribution >= 0.6 is 0 Å². The monoisotopic (exact) mass is 296 g/mol. The van der Waals surface area contributed by atoms with Crippen LogP contribution < -0.4 is 9.03 Å². The van der Waals surface area contributed by atoms with Gasteiger partial charge < -0.3 is 0 Å². The van der Waals surface area contributed by atoms with Gasteiger partial charge in [-0.1, -0.05) is 13.8 Å². The number of hydrogen-bond donors (Lipinski definition) is 1. The highest BCUT2D eigenvalue weighted by atomic mass is 32.2. The molecule has 0 radical (unpaired) electrons. The van der Waals surface area contributed by atoms with E-state index in [0.717, 1.165) is 5.56 Å². The maximum Gasteiger partial charge on any atom is 0.301 e. The number of nitrogens with one attached hydrogen (secondary N) is 1. The third-order valence-electron chi connectivity index (χ3n) is 3.30. The summed E-state index contributed by atoms with van der Waals surface area (Å²) in [6.07, 6.45) is 0.638. The molecule has 0 saturated heterocycles. The molecular formula is C14H20N2O3S. The fourth-order valence-corrected chi connectivity index (χ4v) is 3.66. The Morgan fingerprint density at radius 2 is 2.10 bits per heavy atom. The lowest BCUT2D eigenvalue weighted by Crippen LogP contribution is -2.41. The zero-order valence-electron chi connectivity index (χ0n) is 12.0. The van der Waals surface area contributed by atoms with Gasteiger partial charge in [0.2, 0.25) is 0 Å². The lowest BCUT2D eigenvalue weighted by molar-refractivity contribution is 0.101. The highest BCUT2D eigenvalue weighted by Crippen LogP contribution is 2.30. The molecule has 0 saturated carbocycles. The largest absolute Gasteiger partial charge is 0.301 e. The Balaban J connectivity index is 2.26. The van der Waals surface area contributed by atoms with Crippen LogP contribution in [0, 0.1) is 5.92 Å². The third-order valence-corrected chi connectivity index (χ3v) is 4.79. The molecular weight excluding hydrogens is 276 g/mol. The van der Waals surface area contributed by atoms with Crippen LogP contribution in [-0.4, -0.2) is 27.3 Å². The van der Waals surface area contributed by atoms with Crippen molar-refractivity contribution >= 4 is 21.7 Å². The first kappa shape index (κ1) is 15.0. The Bertz CT molecular complexity index is 623. The molecule has 2 rings (SSSR count). The van der Waals surface area contributed by atoms with Crippen LogP contribution in [0.2, 0.25) is 0 Å². The van der Waals surface area contributed by atoms with Crippen LogP contribution in [0.3, 0.4) is 0 Å². The lowest BCUT2D eigenvalue weighted by Gasteiger charge is -2.20. The van der Waals surface area contributed by atoms with E-state index >= 15 is 0 Å². The number of fused-ring (bicyclic) bond motifs is 1. The van der Waals surface area contributed by atoms with Crippen molar-refractivity contribution in [2.75, 3.05) is 17.4 Å². The zero-order valence-corrected chi connectivity index (χ0v) is 12.8. The van der Waals surface area contributed by atoms with Crippen LogP contribution in [-0.2, 0) is 16.6 Å². The molecule has 1 N–H and O–H groups in total. The molecule has 1 aromatic rings. The maximum absolute atomic E-state index is 12.3. The average Bonchev–Trinajstić information content (AvgIpc) is 2.79. The van der Waals surface area contributed by atoms with Crippen LogP contribution in [0.4, 0.5) is 5.69 Å². The molecule has 0 bridgehead atoms. The molecule has 1 aromatic carbocycles. The van der Waals surface area contributed by atoms with Crippen molar-refractivity contribution in [3.8, 4) is 0 Å². The number of carbonyl (C=O) groups is 1. The van der Waals surface area contributed by atoms with E-state index in [4.69, 9.17) is 0 Å². The van der Waals surface area contributed by atoms with Crippen molar-refractivity contribution in [1.29, 1.82) is 0 Å². The van der Waals surface area contributed by atoms with Gasteiger partial charge in [0.15, 0.2) is 5.78 Å². The van der Waals surface area contributed by atoms with Gasteiger partial charge in [0.1, 0.15) is 0 Å². The summed E-state index contributed by atoms with van der Waals surface area (Å²) in [5.41, 5.74) is 2.21. The van der Waals surface area contributed by atoms with E-state index < -0.39 is 10.2 Å². The van der Waals surface area contributed by atoms with Crippen LogP contribution in [0.1, 0.15) is 36.7 Å². The van der Waals surface area contributed by atoms with Gasteiger partial charge in [-0.15, -0.1) is 0 Å². The second-order valence-corrected chi connectivity index (χ2v) is 7.15. The fourth-order valence-electron chi connectivity index (χ4n) is 2.19. The molecule has 0 aromatic heterocycles. The summed E-state index contributed by atoms with van der Waals surface area (Å²) in [6, 6.07) is 5.18. The Morgan fingerprint density at radius 3 is 2.70 bits per heavy atom. The quantitative estimate of drug-likeness (QED) is 0.842. The molecule has 0 aliphatic carbocycles. The summed E-state index contributed by atoms with van der Waals surface area (Å²) >= 11 is 0. The number of carbonyl (C=O) groups excluding carboxylic acids is 1. The Kier molecular flexibility index (Phi) is 4.15. The smallest absolute Gasteiger partial charge is 0.295 e. The normalized spacial score (nSPS) is 14.7. The minimum absolute atomic E-state index is 0.00737. The van der Waals surface area contributed by atoms with Crippen LogP contribution in [0.15, 0.2) is 18.2 Å². The van der Waals surface area contributed by atoms with Crippen LogP contribution in [0.5, 0.6) is 0 Å². The minimum Gasteiger partial charge on any atom is -0.295 e. The van der Waals surface area contributed by atoms with E-state index in [2.05, 4.69) is 4.72 Å². The molecule has 110 valence electrons. The first-order valence-electron chi connectivity index (χ1n) is 6.72. The van der Waals surface area contributed by atoms with E-state index in [1.807, 2.05) is 13.8 Å². The number of nitrogens with zero attached hydrogens (tertiary/aromatic N) is 1. The summed E-state index contributed by atoms with van der Waals surface area (Å²) in [5, 5.41) is 0. The molecule has 1 aliphatic rings. The molecule has 20 heavy (non-hydrogen) atoms. The number of Topliss-reactive ketones (excluding diaryl/α,β-unsaturated/α-hetero) is 1. The van der Waals surface area contributed by atoms with Gasteiger partial charge in [-0.05, 0) is 43.0 Å². The van der Waals surface area contributed by atoms with Crippen molar-refractivity contribution in [3.05, 3.63) is 29.3 Å². The first-order chi connectivity index (χ1) is 9.31. The molecule has 0 atom stereocenters. The Hall–Kier alpha value is -1.40. The van der Waals surface area contributed by atoms with E-state index in [-0.39, 0.29) is 11.7 Å². The van der Waals surface area contributed by atoms with Crippen molar-refractivity contribution in [1.82, 2.24) is 4.72 Å². The predicted molar refractivity (Wildman–Crippen MR) is 79.3 cm³/mol. The van der Waals surface area contributed by atoms with E-state index in [9.17, 15) is 13.2 Å². The van der Waals surface area contributed by atoms with E-state index in [1.165, 1.54) is 11.2 Å². The molecule has 0 amide bonds. The Labute approximate surface area is 120 Å². The highest BCUT2D eigenvalue weighted by molar-refractivity contribution is 7.90. The Morgan fingerprint density at radius 1 is 1.40 bits per heavy atom. The SMILES string of the molecule is CC(=O)c1ccc2c(c1)CCN2S(=O)(=O)NCC(C)C. The van der Waals surface area contributed by atoms with Gasteiger partial charge in [-0.25, -0.2) is 0 Å². The number of anilines is 1. The minimum atomic E-state index is -3.50. The first-order valence-corrected chi connectivity index (χ1v) is 8.16. The summed E-state index contributed by atoms with van der Waals surface area (Å²) in [6.45, 7) is 6.26. The highest BCUT2D eigenvalue weighted by Gasteiger charge is 2.29. The molecule has 1 heterocycles. The maximum atomic E-state index is 12.3. The summed E-state index contributed by atoms with van der Waals surface area (Å²) in [5.74, 6) is 0.249. The van der Waals surface area contributed by atoms with Crippen molar-refractivity contribution in [3.63, 3.8) is 0 Å². The molecule has 6 heteroatoms. The van der Waals surface area contributed by atoms with Crippen molar-refractivity contribution < 1.29 is 13.2 Å². The van der Waals surface area contributed by atoms with Gasteiger partial charge in [0, 0.05) is 18.7 Å². The summed E-state index contributed by atoms with van der Waals surface area (Å²) in [4.78, 5) is 11.4. The third kappa shape index (κ3) is 3.02. The van der Waals surface area contributed by atoms with Gasteiger partial charge in [0.25, 0.3) is 0 Å².